The number of hydrogen-bond donors (Lipinski definition) is 1. The zero-order valence-electron chi connectivity index (χ0n) is 24.4. The second-order valence-electron chi connectivity index (χ2n) is 11.7. The number of aliphatic hydroxyl groups excluding tert-OH is 1. The van der Waals surface area contributed by atoms with Crippen LogP contribution in [0.1, 0.15) is 71.2 Å². The fourth-order valence-corrected chi connectivity index (χ4v) is 7.15. The van der Waals surface area contributed by atoms with Crippen molar-refractivity contribution in [3.05, 3.63) is 53.4 Å². The quantitative estimate of drug-likeness (QED) is 0.317. The molecule has 1 aromatic rings. The van der Waals surface area contributed by atoms with Crippen molar-refractivity contribution in [2.75, 3.05) is 0 Å². The molecule has 1 N–H and O–H groups in total. The highest BCUT2D eigenvalue weighted by atomic mass is 16.6. The van der Waals surface area contributed by atoms with Crippen LogP contribution in [0.5, 0.6) is 0 Å². The van der Waals surface area contributed by atoms with Crippen molar-refractivity contribution in [3.8, 4) is 0 Å². The lowest BCUT2D eigenvalue weighted by Crippen LogP contribution is -2.63. The van der Waals surface area contributed by atoms with E-state index in [4.69, 9.17) is 18.9 Å². The van der Waals surface area contributed by atoms with Gasteiger partial charge in [0.1, 0.15) is 12.2 Å². The minimum Gasteiger partial charge on any atom is -0.462 e. The molecule has 2 fully saturated rings. The normalized spacial score (nSPS) is 34.9. The van der Waals surface area contributed by atoms with Crippen LogP contribution in [0.2, 0.25) is 0 Å². The van der Waals surface area contributed by atoms with Crippen molar-refractivity contribution >= 4 is 23.9 Å². The van der Waals surface area contributed by atoms with E-state index in [2.05, 4.69) is 11.6 Å². The Morgan fingerprint density at radius 3 is 2.24 bits per heavy atom. The molecule has 2 bridgehead atoms. The van der Waals surface area contributed by atoms with E-state index >= 15 is 0 Å². The van der Waals surface area contributed by atoms with E-state index < -0.39 is 65.7 Å². The Morgan fingerprint density at radius 1 is 1.00 bits per heavy atom. The van der Waals surface area contributed by atoms with Gasteiger partial charge >= 0.3 is 23.9 Å². The molecule has 1 aromatic heterocycles. The zero-order valence-corrected chi connectivity index (χ0v) is 24.4. The second kappa shape index (κ2) is 11.8. The number of nitrogens with zero attached hydrogens (tertiary/aromatic N) is 1. The van der Waals surface area contributed by atoms with Crippen LogP contribution in [0.3, 0.4) is 0 Å². The number of rotatable bonds is 5. The number of fused-ring (bicyclic) bond motifs is 3. The van der Waals surface area contributed by atoms with Crippen molar-refractivity contribution in [2.24, 2.45) is 23.2 Å². The highest BCUT2D eigenvalue weighted by Gasteiger charge is 2.62. The van der Waals surface area contributed by atoms with Gasteiger partial charge < -0.3 is 24.1 Å². The third-order valence-electron chi connectivity index (χ3n) is 9.18. The lowest BCUT2D eigenvalue weighted by molar-refractivity contribution is -0.208. The van der Waals surface area contributed by atoms with E-state index in [1.54, 1.807) is 18.3 Å². The predicted octanol–water partition coefficient (Wildman–Crippen LogP) is 3.72. The molecule has 9 atom stereocenters. The number of pyridine rings is 1. The number of carbonyl (C=O) groups is 4. The van der Waals surface area contributed by atoms with Crippen LogP contribution in [0, 0.1) is 23.2 Å². The van der Waals surface area contributed by atoms with Gasteiger partial charge in [0.15, 0.2) is 12.2 Å². The van der Waals surface area contributed by atoms with Gasteiger partial charge in [-0.05, 0) is 66.4 Å². The summed E-state index contributed by atoms with van der Waals surface area (Å²) in [5.74, 6) is -3.02. The summed E-state index contributed by atoms with van der Waals surface area (Å²) in [6.45, 7) is 13.7. The molecule has 0 radical (unpaired) electrons. The highest BCUT2D eigenvalue weighted by molar-refractivity contribution is 5.89. The molecule has 0 amide bonds. The van der Waals surface area contributed by atoms with Gasteiger partial charge in [0.05, 0.1) is 17.1 Å². The van der Waals surface area contributed by atoms with E-state index in [0.717, 1.165) is 0 Å². The molecule has 0 aliphatic heterocycles. The number of aromatic nitrogens is 1. The summed E-state index contributed by atoms with van der Waals surface area (Å²) in [4.78, 5) is 54.5. The smallest absolute Gasteiger partial charge is 0.340 e. The second-order valence-corrected chi connectivity index (χ2v) is 11.7. The molecular formula is C31H39NO9. The van der Waals surface area contributed by atoms with Crippen molar-refractivity contribution in [3.63, 3.8) is 0 Å². The third kappa shape index (κ3) is 5.80. The predicted molar refractivity (Wildman–Crippen MR) is 146 cm³/mol. The summed E-state index contributed by atoms with van der Waals surface area (Å²) in [6, 6.07) is 3.27. The van der Waals surface area contributed by atoms with Gasteiger partial charge in [-0.2, -0.15) is 0 Å². The zero-order chi connectivity index (χ0) is 30.2. The first kappa shape index (κ1) is 30.4. The van der Waals surface area contributed by atoms with Gasteiger partial charge in [-0.3, -0.25) is 19.4 Å². The molecule has 3 aliphatic carbocycles. The number of esters is 4. The Bertz CT molecular complexity index is 1260. The van der Waals surface area contributed by atoms with Crippen molar-refractivity contribution < 1.29 is 43.2 Å². The number of hydrogen-bond acceptors (Lipinski definition) is 10. The molecule has 0 saturated heterocycles. The Kier molecular flexibility index (Phi) is 8.73. The maximum absolute atomic E-state index is 13.1. The Balaban J connectivity index is 1.91. The lowest BCUT2D eigenvalue weighted by Gasteiger charge is -2.57. The molecule has 222 valence electrons. The summed E-state index contributed by atoms with van der Waals surface area (Å²) in [5, 5.41) is 11.0. The Labute approximate surface area is 240 Å². The summed E-state index contributed by atoms with van der Waals surface area (Å²) in [5.41, 5.74) is 1.14. The minimum atomic E-state index is -1.10. The Morgan fingerprint density at radius 2 is 1.66 bits per heavy atom. The van der Waals surface area contributed by atoms with Gasteiger partial charge in [-0.25, -0.2) is 4.79 Å². The Hall–Kier alpha value is -3.53. The SMILES string of the molecule is C=C1[C@H]2C[C@@H]3C[C@H](OC(=O)c4cccnc4)C(C)=C([C@@H](OC(C)=O)[C@H](OC(C)=O)[C@]2(C)[C@@H](OC(C)=O)C[C@@H]1O)[C@@H]3C. The summed E-state index contributed by atoms with van der Waals surface area (Å²) in [7, 11) is 0. The monoisotopic (exact) mass is 569 g/mol. The molecule has 0 spiro atoms. The standard InChI is InChI=1S/C31H39NO9/c1-15-22-11-23-16(2)24(36)13-26(38-18(4)33)31(23,7)29(40-20(6)35)28(39-19(5)34)27(15)17(3)25(12-22)41-30(37)21-9-8-10-32-14-21/h8-10,14-15,22-26,28-29,36H,2,11-13H2,1,3-7H3/t15-,22-,23-,24+,25+,26+,28-,29+,31+/m1/s1. The lowest BCUT2D eigenvalue weighted by atomic mass is 9.52. The molecule has 3 aliphatic rings. The topological polar surface area (TPSA) is 138 Å². The van der Waals surface area contributed by atoms with Gasteiger partial charge in [-0.15, -0.1) is 0 Å². The van der Waals surface area contributed by atoms with Crippen LogP contribution in [0.25, 0.3) is 0 Å². The molecule has 41 heavy (non-hydrogen) atoms. The molecular weight excluding hydrogens is 530 g/mol. The van der Waals surface area contributed by atoms with Crippen molar-refractivity contribution in [1.29, 1.82) is 0 Å². The van der Waals surface area contributed by atoms with Crippen molar-refractivity contribution in [2.45, 2.75) is 91.3 Å². The van der Waals surface area contributed by atoms with E-state index in [1.165, 1.54) is 27.0 Å². The van der Waals surface area contributed by atoms with Gasteiger partial charge in [0.25, 0.3) is 0 Å². The molecule has 10 nitrogen and oxygen atoms in total. The minimum absolute atomic E-state index is 0.0551. The van der Waals surface area contributed by atoms with Crippen LogP contribution in [0.4, 0.5) is 0 Å². The first-order valence-corrected chi connectivity index (χ1v) is 14.0. The maximum atomic E-state index is 13.1. The van der Waals surface area contributed by atoms with Crippen LogP contribution < -0.4 is 0 Å². The summed E-state index contributed by atoms with van der Waals surface area (Å²) < 4.78 is 23.8. The molecule has 0 unspecified atom stereocenters. The number of ether oxygens (including phenoxy) is 4. The van der Waals surface area contributed by atoms with Gasteiger partial charge in [0, 0.05) is 39.6 Å². The molecule has 1 heterocycles. The average molecular weight is 570 g/mol. The number of carbonyl (C=O) groups excluding carboxylic acids is 4. The van der Waals surface area contributed by atoms with Gasteiger partial charge in [-0.1, -0.05) is 20.4 Å². The first-order valence-electron chi connectivity index (χ1n) is 14.0. The van der Waals surface area contributed by atoms with E-state index in [-0.39, 0.29) is 18.3 Å². The van der Waals surface area contributed by atoms with Crippen molar-refractivity contribution in [1.82, 2.24) is 4.98 Å². The number of aliphatic hydroxyl groups is 1. The average Bonchev–Trinajstić information content (AvgIpc) is 2.89. The van der Waals surface area contributed by atoms with Crippen LogP contribution in [-0.4, -0.2) is 64.5 Å². The largest absolute Gasteiger partial charge is 0.462 e. The maximum Gasteiger partial charge on any atom is 0.340 e. The molecule has 4 rings (SSSR count). The van der Waals surface area contributed by atoms with Gasteiger partial charge in [0.2, 0.25) is 0 Å². The van der Waals surface area contributed by atoms with Crippen LogP contribution in [0.15, 0.2) is 47.8 Å². The highest BCUT2D eigenvalue weighted by Crippen LogP contribution is 2.57. The molecule has 2 saturated carbocycles. The summed E-state index contributed by atoms with van der Waals surface area (Å²) >= 11 is 0. The summed E-state index contributed by atoms with van der Waals surface area (Å²) in [6.07, 6.45) is -0.625. The van der Waals surface area contributed by atoms with E-state index in [0.29, 0.717) is 35.1 Å². The van der Waals surface area contributed by atoms with Crippen LogP contribution >= 0.6 is 0 Å². The third-order valence-corrected chi connectivity index (χ3v) is 9.18. The molecule has 10 heteroatoms. The van der Waals surface area contributed by atoms with Crippen LogP contribution in [-0.2, 0) is 33.3 Å². The fraction of sp³-hybridized carbons (Fsp3) is 0.581. The van der Waals surface area contributed by atoms with E-state index in [1.807, 2.05) is 20.8 Å². The van der Waals surface area contributed by atoms with E-state index in [9.17, 15) is 24.3 Å². The fourth-order valence-electron chi connectivity index (χ4n) is 7.15. The molecule has 0 aromatic carbocycles. The first-order chi connectivity index (χ1) is 19.2.